The molecule has 0 saturated heterocycles. The lowest BCUT2D eigenvalue weighted by Gasteiger charge is -2.25. The second-order valence-corrected chi connectivity index (χ2v) is 4.96. The van der Waals surface area contributed by atoms with Crippen molar-refractivity contribution in [1.29, 1.82) is 0 Å². The third kappa shape index (κ3) is 1.72. The highest BCUT2D eigenvalue weighted by Gasteiger charge is 2.25. The lowest BCUT2D eigenvalue weighted by atomic mass is 10.2. The zero-order valence-electron chi connectivity index (χ0n) is 11.1. The van der Waals surface area contributed by atoms with Crippen LogP contribution in [0.4, 0.5) is 5.69 Å². The summed E-state index contributed by atoms with van der Waals surface area (Å²) in [6, 6.07) is 13.9. The van der Waals surface area contributed by atoms with Crippen LogP contribution in [0.1, 0.15) is 17.6 Å². The van der Waals surface area contributed by atoms with Gasteiger partial charge in [-0.25, -0.2) is 4.98 Å². The number of ether oxygens (including phenoxy) is 1. The van der Waals surface area contributed by atoms with E-state index in [9.17, 15) is 0 Å². The van der Waals surface area contributed by atoms with E-state index in [0.717, 1.165) is 28.1 Å². The maximum atomic E-state index is 5.97. The summed E-state index contributed by atoms with van der Waals surface area (Å²) in [5.41, 5.74) is 3.81. The molecule has 4 rings (SSSR count). The smallest absolute Gasteiger partial charge is 0.238 e. The number of hydrogen-bond acceptors (Lipinski definition) is 4. The number of nitrogens with zero attached hydrogens (tertiary/aromatic N) is 1. The van der Waals surface area contributed by atoms with Crippen LogP contribution in [0.3, 0.4) is 0 Å². The van der Waals surface area contributed by atoms with Crippen LogP contribution in [0.15, 0.2) is 46.9 Å². The number of hydrogen-bond donors (Lipinski definition) is 1. The van der Waals surface area contributed by atoms with Gasteiger partial charge in [0.15, 0.2) is 11.7 Å². The Morgan fingerprint density at radius 2 is 2.05 bits per heavy atom. The highest BCUT2D eigenvalue weighted by molar-refractivity contribution is 5.76. The number of oxazole rings is 1. The van der Waals surface area contributed by atoms with E-state index < -0.39 is 0 Å². The van der Waals surface area contributed by atoms with Crippen molar-refractivity contribution >= 4 is 16.8 Å². The first kappa shape index (κ1) is 11.3. The molecule has 1 N–H and O–H groups in total. The summed E-state index contributed by atoms with van der Waals surface area (Å²) in [6.45, 7) is 2.68. The van der Waals surface area contributed by atoms with Crippen molar-refractivity contribution < 1.29 is 9.15 Å². The third-order valence-electron chi connectivity index (χ3n) is 3.54. The zero-order chi connectivity index (χ0) is 13.5. The molecule has 1 aliphatic rings. The lowest BCUT2D eigenvalue weighted by molar-refractivity contribution is 0.177. The van der Waals surface area contributed by atoms with Gasteiger partial charge in [0.25, 0.3) is 0 Å². The molecule has 100 valence electrons. The Bertz CT molecular complexity index is 779. The summed E-state index contributed by atoms with van der Waals surface area (Å²) in [6.07, 6.45) is -0.198. The van der Waals surface area contributed by atoms with Gasteiger partial charge in [0.1, 0.15) is 11.3 Å². The first-order valence-corrected chi connectivity index (χ1v) is 6.67. The monoisotopic (exact) mass is 266 g/mol. The lowest BCUT2D eigenvalue weighted by Crippen LogP contribution is -2.23. The third-order valence-corrected chi connectivity index (χ3v) is 3.54. The first-order valence-electron chi connectivity index (χ1n) is 6.67. The molecule has 0 aliphatic carbocycles. The summed E-state index contributed by atoms with van der Waals surface area (Å²) in [5, 5.41) is 3.35. The van der Waals surface area contributed by atoms with E-state index in [4.69, 9.17) is 9.15 Å². The molecule has 0 radical (unpaired) electrons. The van der Waals surface area contributed by atoms with Crippen LogP contribution in [0.25, 0.3) is 11.1 Å². The normalized spacial score (nSPS) is 17.4. The maximum absolute atomic E-state index is 5.97. The van der Waals surface area contributed by atoms with Crippen LogP contribution in [0.5, 0.6) is 5.75 Å². The Kier molecular flexibility index (Phi) is 2.42. The van der Waals surface area contributed by atoms with E-state index in [1.807, 2.05) is 49.4 Å². The van der Waals surface area contributed by atoms with Crippen molar-refractivity contribution in [2.24, 2.45) is 0 Å². The molecule has 4 heteroatoms. The van der Waals surface area contributed by atoms with Crippen LogP contribution in [-0.2, 0) is 0 Å². The Hall–Kier alpha value is -2.49. The molecule has 1 aliphatic heterocycles. The molecule has 0 bridgehead atoms. The Balaban J connectivity index is 1.72. The average molecular weight is 266 g/mol. The quantitative estimate of drug-likeness (QED) is 0.729. The van der Waals surface area contributed by atoms with Gasteiger partial charge < -0.3 is 14.5 Å². The minimum absolute atomic E-state index is 0.198. The number of benzene rings is 2. The molecule has 0 amide bonds. The van der Waals surface area contributed by atoms with Crippen LogP contribution in [0, 0.1) is 6.92 Å². The molecule has 2 aromatic carbocycles. The summed E-state index contributed by atoms with van der Waals surface area (Å²) in [4.78, 5) is 4.54. The van der Waals surface area contributed by atoms with Crippen molar-refractivity contribution in [3.05, 3.63) is 53.9 Å². The summed E-state index contributed by atoms with van der Waals surface area (Å²) < 4.78 is 11.8. The van der Waals surface area contributed by atoms with Gasteiger partial charge >= 0.3 is 0 Å². The van der Waals surface area contributed by atoms with Crippen molar-refractivity contribution in [3.8, 4) is 5.75 Å². The fourth-order valence-electron chi connectivity index (χ4n) is 2.49. The maximum Gasteiger partial charge on any atom is 0.238 e. The Morgan fingerprint density at radius 1 is 1.15 bits per heavy atom. The number of aromatic nitrogens is 1. The molecule has 3 aromatic rings. The number of anilines is 1. The van der Waals surface area contributed by atoms with Gasteiger partial charge in [0.05, 0.1) is 12.2 Å². The van der Waals surface area contributed by atoms with E-state index in [0.29, 0.717) is 12.4 Å². The first-order chi connectivity index (χ1) is 9.81. The largest absolute Gasteiger partial charge is 0.477 e. The van der Waals surface area contributed by atoms with Gasteiger partial charge in [-0.3, -0.25) is 0 Å². The Labute approximate surface area is 116 Å². The molecule has 20 heavy (non-hydrogen) atoms. The Morgan fingerprint density at radius 3 is 2.95 bits per heavy atom. The minimum Gasteiger partial charge on any atom is -0.477 e. The number of rotatable bonds is 1. The molecule has 0 spiro atoms. The highest BCUT2D eigenvalue weighted by Crippen LogP contribution is 2.34. The van der Waals surface area contributed by atoms with Crippen molar-refractivity contribution in [2.45, 2.75) is 13.0 Å². The molecule has 4 nitrogen and oxygen atoms in total. The second kappa shape index (κ2) is 4.27. The van der Waals surface area contributed by atoms with Gasteiger partial charge in [0, 0.05) is 0 Å². The van der Waals surface area contributed by atoms with Gasteiger partial charge in [-0.1, -0.05) is 24.3 Å². The number of para-hydroxylation sites is 3. The zero-order valence-corrected chi connectivity index (χ0v) is 11.1. The summed E-state index contributed by atoms with van der Waals surface area (Å²) in [7, 11) is 0. The van der Waals surface area contributed by atoms with Crippen molar-refractivity contribution in [1.82, 2.24) is 4.98 Å². The van der Waals surface area contributed by atoms with E-state index in [2.05, 4.69) is 10.3 Å². The van der Waals surface area contributed by atoms with Gasteiger partial charge in [-0.15, -0.1) is 0 Å². The van der Waals surface area contributed by atoms with Gasteiger partial charge in [-0.2, -0.15) is 0 Å². The van der Waals surface area contributed by atoms with Crippen LogP contribution in [-0.4, -0.2) is 11.5 Å². The van der Waals surface area contributed by atoms with Crippen LogP contribution >= 0.6 is 0 Å². The number of nitrogens with one attached hydrogen (secondary N) is 1. The molecule has 0 fully saturated rings. The minimum atomic E-state index is -0.198. The molecule has 1 aromatic heterocycles. The predicted octanol–water partition coefficient (Wildman–Crippen LogP) is 3.68. The molecule has 1 atom stereocenters. The SMILES string of the molecule is Cc1cccc2nc(C3CNc4ccccc4O3)oc12. The molecular weight excluding hydrogens is 252 g/mol. The standard InChI is InChI=1S/C16H14N2O2/c1-10-5-4-7-12-15(10)20-16(18-12)14-9-17-11-6-2-3-8-13(11)19-14/h2-8,14,17H,9H2,1H3. The number of aryl methyl sites for hydroxylation is 1. The topological polar surface area (TPSA) is 47.3 Å². The fraction of sp³-hybridized carbons (Fsp3) is 0.188. The molecule has 2 heterocycles. The fourth-order valence-corrected chi connectivity index (χ4v) is 2.49. The van der Waals surface area contributed by atoms with E-state index in [1.54, 1.807) is 0 Å². The second-order valence-electron chi connectivity index (χ2n) is 4.96. The summed E-state index contributed by atoms with van der Waals surface area (Å²) in [5.74, 6) is 1.46. The van der Waals surface area contributed by atoms with Gasteiger partial charge in [0.2, 0.25) is 5.89 Å². The van der Waals surface area contributed by atoms with Crippen molar-refractivity contribution in [2.75, 3.05) is 11.9 Å². The van der Waals surface area contributed by atoms with Crippen molar-refractivity contribution in [3.63, 3.8) is 0 Å². The summed E-state index contributed by atoms with van der Waals surface area (Å²) >= 11 is 0. The highest BCUT2D eigenvalue weighted by atomic mass is 16.5. The van der Waals surface area contributed by atoms with Gasteiger partial charge in [-0.05, 0) is 30.7 Å². The molecular formula is C16H14N2O2. The molecule has 0 saturated carbocycles. The van der Waals surface area contributed by atoms with Crippen LogP contribution < -0.4 is 10.1 Å². The van der Waals surface area contributed by atoms with E-state index >= 15 is 0 Å². The van der Waals surface area contributed by atoms with E-state index in [1.165, 1.54) is 0 Å². The predicted molar refractivity (Wildman–Crippen MR) is 77.0 cm³/mol. The molecule has 1 unspecified atom stereocenters. The number of fused-ring (bicyclic) bond motifs is 2. The average Bonchev–Trinajstić information content (AvgIpc) is 2.92. The van der Waals surface area contributed by atoms with Crippen LogP contribution in [0.2, 0.25) is 0 Å². The van der Waals surface area contributed by atoms with E-state index in [-0.39, 0.29) is 6.10 Å².